The molecule has 1 heterocycles. The lowest BCUT2D eigenvalue weighted by molar-refractivity contribution is -0.127. The van der Waals surface area contributed by atoms with Gasteiger partial charge in [0, 0.05) is 13.1 Å². The van der Waals surface area contributed by atoms with E-state index in [4.69, 9.17) is 11.6 Å². The maximum atomic E-state index is 12.1. The Morgan fingerprint density at radius 1 is 1.38 bits per heavy atom. The average molecular weight is 304 g/mol. The number of amides is 1. The van der Waals surface area contributed by atoms with Gasteiger partial charge < -0.3 is 9.47 Å². The second kappa shape index (κ2) is 7.09. The van der Waals surface area contributed by atoms with Crippen LogP contribution in [0.4, 0.5) is 0 Å². The Morgan fingerprint density at radius 3 is 2.71 bits per heavy atom. The Bertz CT molecular complexity index is 622. The van der Waals surface area contributed by atoms with Crippen LogP contribution in [0.3, 0.4) is 0 Å². The molecular weight excluding hydrogens is 286 g/mol. The lowest BCUT2D eigenvalue weighted by Crippen LogP contribution is -2.29. The topological polar surface area (TPSA) is 38.1 Å². The number of hydrogen-bond acceptors (Lipinski definition) is 2. The fraction of sp³-hybridized carbons (Fsp3) is 0.250. The minimum absolute atomic E-state index is 0.126. The highest BCUT2D eigenvalue weighted by Gasteiger charge is 2.16. The van der Waals surface area contributed by atoms with E-state index < -0.39 is 0 Å². The van der Waals surface area contributed by atoms with Crippen molar-refractivity contribution >= 4 is 17.5 Å². The molecule has 21 heavy (non-hydrogen) atoms. The Balaban J connectivity index is 2.22. The van der Waals surface area contributed by atoms with Crippen molar-refractivity contribution in [3.8, 4) is 0 Å². The van der Waals surface area contributed by atoms with Gasteiger partial charge in [-0.05, 0) is 18.6 Å². The van der Waals surface area contributed by atoms with E-state index in [0.29, 0.717) is 18.2 Å². The average Bonchev–Trinajstić information content (AvgIpc) is 2.87. The molecule has 0 bridgehead atoms. The highest BCUT2D eigenvalue weighted by molar-refractivity contribution is 6.30. The maximum Gasteiger partial charge on any atom is 0.246 e. The van der Waals surface area contributed by atoms with E-state index >= 15 is 0 Å². The van der Waals surface area contributed by atoms with Crippen LogP contribution in [-0.2, 0) is 24.4 Å². The van der Waals surface area contributed by atoms with E-state index in [2.05, 4.69) is 11.6 Å². The number of benzene rings is 1. The van der Waals surface area contributed by atoms with Crippen LogP contribution in [-0.4, -0.2) is 20.4 Å². The molecule has 2 aromatic rings. The number of nitrogens with zero attached hydrogens (tertiary/aromatic N) is 3. The lowest BCUT2D eigenvalue weighted by Gasteiger charge is -2.22. The number of rotatable bonds is 6. The van der Waals surface area contributed by atoms with Crippen molar-refractivity contribution in [3.05, 3.63) is 65.7 Å². The Labute approximate surface area is 129 Å². The monoisotopic (exact) mass is 303 g/mol. The predicted molar refractivity (Wildman–Crippen MR) is 83.8 cm³/mol. The van der Waals surface area contributed by atoms with E-state index in [-0.39, 0.29) is 5.91 Å². The van der Waals surface area contributed by atoms with Crippen molar-refractivity contribution in [1.29, 1.82) is 0 Å². The van der Waals surface area contributed by atoms with Crippen molar-refractivity contribution in [2.45, 2.75) is 26.6 Å². The van der Waals surface area contributed by atoms with Crippen molar-refractivity contribution in [2.24, 2.45) is 0 Å². The van der Waals surface area contributed by atoms with Crippen LogP contribution in [0, 0.1) is 0 Å². The first kappa shape index (κ1) is 15.3. The highest BCUT2D eigenvalue weighted by Crippen LogP contribution is 2.18. The zero-order valence-electron chi connectivity index (χ0n) is 12.0. The van der Waals surface area contributed by atoms with Gasteiger partial charge in [0.2, 0.25) is 5.91 Å². The molecule has 110 valence electrons. The summed E-state index contributed by atoms with van der Waals surface area (Å²) in [5.74, 6) is -0.126. The van der Waals surface area contributed by atoms with Gasteiger partial charge in [-0.1, -0.05) is 48.5 Å². The molecule has 0 atom stereocenters. The number of hydrogen-bond donors (Lipinski definition) is 0. The second-order valence-electron chi connectivity index (χ2n) is 4.65. The third-order valence-corrected chi connectivity index (χ3v) is 3.59. The van der Waals surface area contributed by atoms with Crippen molar-refractivity contribution in [3.63, 3.8) is 0 Å². The first-order valence-electron chi connectivity index (χ1n) is 6.80. The summed E-state index contributed by atoms with van der Waals surface area (Å²) in [7, 11) is 0. The smallest absolute Gasteiger partial charge is 0.246 e. The quantitative estimate of drug-likeness (QED) is 0.768. The van der Waals surface area contributed by atoms with Crippen LogP contribution in [0.2, 0.25) is 5.15 Å². The Hall–Kier alpha value is -2.07. The van der Waals surface area contributed by atoms with E-state index in [9.17, 15) is 4.79 Å². The first-order chi connectivity index (χ1) is 10.2. The minimum Gasteiger partial charge on any atom is -0.332 e. The third kappa shape index (κ3) is 3.73. The molecule has 1 aromatic heterocycles. The number of carbonyl (C=O) groups is 1. The fourth-order valence-corrected chi connectivity index (χ4v) is 2.35. The third-order valence-electron chi connectivity index (χ3n) is 3.28. The van der Waals surface area contributed by atoms with Crippen LogP contribution >= 0.6 is 11.6 Å². The molecule has 0 saturated carbocycles. The van der Waals surface area contributed by atoms with Crippen LogP contribution in [0.1, 0.15) is 18.2 Å². The van der Waals surface area contributed by atoms with Gasteiger partial charge in [-0.2, -0.15) is 0 Å². The normalized spacial score (nSPS) is 10.4. The first-order valence-corrected chi connectivity index (χ1v) is 7.18. The molecule has 0 aliphatic carbocycles. The fourth-order valence-electron chi connectivity index (χ4n) is 2.14. The molecule has 0 fully saturated rings. The molecular formula is C16H18ClN3O. The van der Waals surface area contributed by atoms with Gasteiger partial charge in [-0.3, -0.25) is 4.79 Å². The molecule has 0 aliphatic heterocycles. The summed E-state index contributed by atoms with van der Waals surface area (Å²) in [5.41, 5.74) is 1.90. The molecule has 5 heteroatoms. The molecule has 0 spiro atoms. The predicted octanol–water partition coefficient (Wildman–Crippen LogP) is 3.27. The van der Waals surface area contributed by atoms with Gasteiger partial charge >= 0.3 is 0 Å². The molecule has 0 saturated heterocycles. The molecule has 2 rings (SSSR count). The molecule has 1 amide bonds. The number of imidazole rings is 1. The highest BCUT2D eigenvalue weighted by atomic mass is 35.5. The zero-order chi connectivity index (χ0) is 15.2. The van der Waals surface area contributed by atoms with Crippen LogP contribution in [0.25, 0.3) is 0 Å². The van der Waals surface area contributed by atoms with E-state index in [1.54, 1.807) is 11.2 Å². The van der Waals surface area contributed by atoms with Crippen molar-refractivity contribution in [2.75, 3.05) is 0 Å². The Morgan fingerprint density at radius 2 is 2.10 bits per heavy atom. The number of aryl methyl sites for hydroxylation is 1. The molecule has 0 N–H and O–H groups in total. The van der Waals surface area contributed by atoms with Crippen LogP contribution < -0.4 is 0 Å². The van der Waals surface area contributed by atoms with Crippen molar-refractivity contribution < 1.29 is 4.79 Å². The Kier molecular flexibility index (Phi) is 5.17. The maximum absolute atomic E-state index is 12.1. The van der Waals surface area contributed by atoms with Gasteiger partial charge in [0.25, 0.3) is 0 Å². The zero-order valence-corrected chi connectivity index (χ0v) is 12.8. The standard InChI is InChI=1S/C16H18ClN3O/c1-3-15(21)20(10-13-8-6-5-7-9-13)11-14-16(17)18-12-19(14)4-2/h3,5-9,12H,1,4,10-11H2,2H3. The molecule has 1 aromatic carbocycles. The van der Waals surface area contributed by atoms with E-state index in [1.807, 2.05) is 41.8 Å². The summed E-state index contributed by atoms with van der Waals surface area (Å²) in [6, 6.07) is 9.83. The van der Waals surface area contributed by atoms with Gasteiger partial charge in [0.1, 0.15) is 0 Å². The molecule has 0 unspecified atom stereocenters. The van der Waals surface area contributed by atoms with Gasteiger partial charge in [0.15, 0.2) is 5.15 Å². The van der Waals surface area contributed by atoms with Crippen LogP contribution in [0.5, 0.6) is 0 Å². The molecule has 4 nitrogen and oxygen atoms in total. The van der Waals surface area contributed by atoms with Gasteiger partial charge in [-0.15, -0.1) is 0 Å². The van der Waals surface area contributed by atoms with Gasteiger partial charge in [0.05, 0.1) is 18.6 Å². The lowest BCUT2D eigenvalue weighted by atomic mass is 10.2. The summed E-state index contributed by atoms with van der Waals surface area (Å²) in [6.45, 7) is 7.26. The molecule has 0 aliphatic rings. The van der Waals surface area contributed by atoms with Gasteiger partial charge in [-0.25, -0.2) is 4.98 Å². The minimum atomic E-state index is -0.126. The number of halogens is 1. The summed E-state index contributed by atoms with van der Waals surface area (Å²) in [4.78, 5) is 17.9. The van der Waals surface area contributed by atoms with E-state index in [1.165, 1.54) is 6.08 Å². The van der Waals surface area contributed by atoms with Crippen molar-refractivity contribution in [1.82, 2.24) is 14.5 Å². The number of aromatic nitrogens is 2. The van der Waals surface area contributed by atoms with E-state index in [0.717, 1.165) is 17.8 Å². The summed E-state index contributed by atoms with van der Waals surface area (Å²) < 4.78 is 1.94. The van der Waals surface area contributed by atoms with Crippen LogP contribution in [0.15, 0.2) is 49.3 Å². The summed E-state index contributed by atoms with van der Waals surface area (Å²) in [5, 5.41) is 0.437. The SMILES string of the molecule is C=CC(=O)N(Cc1ccccc1)Cc1c(Cl)ncn1CC. The summed E-state index contributed by atoms with van der Waals surface area (Å²) in [6.07, 6.45) is 3.01. The number of carbonyl (C=O) groups excluding carboxylic acids is 1. The second-order valence-corrected chi connectivity index (χ2v) is 5.01. The largest absolute Gasteiger partial charge is 0.332 e. The summed E-state index contributed by atoms with van der Waals surface area (Å²) >= 11 is 6.12. The molecule has 0 radical (unpaired) electrons.